The molecule has 1 amide bonds. The fourth-order valence-electron chi connectivity index (χ4n) is 3.80. The van der Waals surface area contributed by atoms with Gasteiger partial charge < -0.3 is 19.9 Å². The van der Waals surface area contributed by atoms with E-state index >= 15 is 0 Å². The Morgan fingerprint density at radius 1 is 1.19 bits per heavy atom. The molecule has 1 aromatic carbocycles. The Kier molecular flexibility index (Phi) is 7.57. The zero-order valence-corrected chi connectivity index (χ0v) is 20.1. The second-order valence-electron chi connectivity index (χ2n) is 7.77. The standard InChI is InChI=1S/C21H27ClN4O4S2/c22-18-15-20(32(28,29)24-7-3-11-26-10-2-6-19(26)27)31-21(18)30-17-5-1-4-16(14-17)25-12-8-23-9-13-25/h1,4-5,14-15,23-24H,2-3,6-13H2. The van der Waals surface area contributed by atoms with Crippen molar-refractivity contribution in [2.24, 2.45) is 0 Å². The topological polar surface area (TPSA) is 91.0 Å². The summed E-state index contributed by atoms with van der Waals surface area (Å²) < 4.78 is 33.9. The third-order valence-electron chi connectivity index (χ3n) is 5.48. The highest BCUT2D eigenvalue weighted by Gasteiger charge is 2.22. The number of thiophene rings is 1. The first-order valence-electron chi connectivity index (χ1n) is 10.7. The van der Waals surface area contributed by atoms with Crippen LogP contribution < -0.4 is 19.7 Å². The van der Waals surface area contributed by atoms with Crippen LogP contribution in [0, 0.1) is 0 Å². The molecule has 4 rings (SSSR count). The Hall–Kier alpha value is -1.85. The molecule has 0 bridgehead atoms. The fourth-order valence-corrected chi connectivity index (χ4v) is 6.51. The zero-order valence-electron chi connectivity index (χ0n) is 17.7. The van der Waals surface area contributed by atoms with E-state index in [0.717, 1.165) is 56.2 Å². The lowest BCUT2D eigenvalue weighted by atomic mass is 10.2. The van der Waals surface area contributed by atoms with E-state index in [1.807, 2.05) is 24.3 Å². The number of hydrogen-bond donors (Lipinski definition) is 2. The number of benzene rings is 1. The number of halogens is 1. The van der Waals surface area contributed by atoms with Crippen LogP contribution in [0.4, 0.5) is 5.69 Å². The van der Waals surface area contributed by atoms with E-state index in [1.165, 1.54) is 6.07 Å². The summed E-state index contributed by atoms with van der Waals surface area (Å²) in [6.07, 6.45) is 2.02. The number of amides is 1. The van der Waals surface area contributed by atoms with Gasteiger partial charge in [0.15, 0.2) is 0 Å². The second-order valence-corrected chi connectivity index (χ2v) is 11.2. The summed E-state index contributed by atoms with van der Waals surface area (Å²) in [5, 5.41) is 3.92. The third-order valence-corrected chi connectivity index (χ3v) is 8.82. The first-order chi connectivity index (χ1) is 15.4. The van der Waals surface area contributed by atoms with Crippen molar-refractivity contribution in [2.45, 2.75) is 23.5 Å². The number of piperazine rings is 1. The Labute approximate surface area is 197 Å². The maximum Gasteiger partial charge on any atom is 0.250 e. The second kappa shape index (κ2) is 10.4. The predicted octanol–water partition coefficient (Wildman–Crippen LogP) is 2.89. The summed E-state index contributed by atoms with van der Waals surface area (Å²) in [4.78, 5) is 15.7. The molecular formula is C21H27ClN4O4S2. The molecule has 0 radical (unpaired) electrons. The molecule has 2 N–H and O–H groups in total. The fraction of sp³-hybridized carbons (Fsp3) is 0.476. The van der Waals surface area contributed by atoms with Gasteiger partial charge in [0, 0.05) is 64.0 Å². The molecule has 3 heterocycles. The zero-order chi connectivity index (χ0) is 22.6. The molecule has 2 fully saturated rings. The Bertz CT molecular complexity index is 1050. The highest BCUT2D eigenvalue weighted by molar-refractivity contribution is 7.91. The van der Waals surface area contributed by atoms with Gasteiger partial charge in [0.2, 0.25) is 21.0 Å². The quantitative estimate of drug-likeness (QED) is 0.517. The van der Waals surface area contributed by atoms with Crippen LogP contribution in [0.15, 0.2) is 34.5 Å². The van der Waals surface area contributed by atoms with Crippen molar-refractivity contribution in [3.8, 4) is 10.8 Å². The minimum Gasteiger partial charge on any atom is -0.445 e. The lowest BCUT2D eigenvalue weighted by Gasteiger charge is -2.29. The molecule has 0 aliphatic carbocycles. The number of hydrogen-bond acceptors (Lipinski definition) is 7. The van der Waals surface area contributed by atoms with Crippen molar-refractivity contribution >= 4 is 44.6 Å². The first kappa shape index (κ1) is 23.3. The summed E-state index contributed by atoms with van der Waals surface area (Å²) >= 11 is 7.28. The van der Waals surface area contributed by atoms with Crippen LogP contribution in [-0.2, 0) is 14.8 Å². The minimum absolute atomic E-state index is 0.105. The van der Waals surface area contributed by atoms with Crippen molar-refractivity contribution in [3.05, 3.63) is 35.4 Å². The maximum atomic E-state index is 12.7. The van der Waals surface area contributed by atoms with Crippen LogP contribution in [0.2, 0.25) is 5.02 Å². The number of carbonyl (C=O) groups is 1. The van der Waals surface area contributed by atoms with Crippen molar-refractivity contribution in [3.63, 3.8) is 0 Å². The molecule has 0 unspecified atom stereocenters. The molecule has 174 valence electrons. The van der Waals surface area contributed by atoms with Crippen molar-refractivity contribution < 1.29 is 17.9 Å². The Morgan fingerprint density at radius 3 is 2.75 bits per heavy atom. The molecule has 0 spiro atoms. The van der Waals surface area contributed by atoms with Gasteiger partial charge in [0.25, 0.3) is 0 Å². The highest BCUT2D eigenvalue weighted by Crippen LogP contribution is 2.40. The number of carbonyl (C=O) groups excluding carboxylic acids is 1. The Balaban J connectivity index is 1.36. The molecule has 2 aliphatic heterocycles. The average molecular weight is 499 g/mol. The van der Waals surface area contributed by atoms with E-state index in [4.69, 9.17) is 16.3 Å². The van der Waals surface area contributed by atoms with Crippen LogP contribution >= 0.6 is 22.9 Å². The largest absolute Gasteiger partial charge is 0.445 e. The van der Waals surface area contributed by atoms with Gasteiger partial charge in [0.1, 0.15) is 9.96 Å². The van der Waals surface area contributed by atoms with Crippen LogP contribution in [0.5, 0.6) is 10.8 Å². The SMILES string of the molecule is O=C1CCCN1CCCNS(=O)(=O)c1cc(Cl)c(Oc2cccc(N3CCNCC3)c2)s1. The van der Waals surface area contributed by atoms with Crippen LogP contribution in [0.25, 0.3) is 0 Å². The number of nitrogens with one attached hydrogen (secondary N) is 2. The molecule has 0 atom stereocenters. The van der Waals surface area contributed by atoms with E-state index in [-0.39, 0.29) is 21.7 Å². The summed E-state index contributed by atoms with van der Waals surface area (Å²) in [5.74, 6) is 0.748. The van der Waals surface area contributed by atoms with E-state index in [2.05, 4.69) is 14.9 Å². The minimum atomic E-state index is -3.70. The van der Waals surface area contributed by atoms with Gasteiger partial charge in [0.05, 0.1) is 5.02 Å². The van der Waals surface area contributed by atoms with Gasteiger partial charge in [-0.25, -0.2) is 13.1 Å². The van der Waals surface area contributed by atoms with Gasteiger partial charge in [-0.15, -0.1) is 0 Å². The lowest BCUT2D eigenvalue weighted by molar-refractivity contribution is -0.127. The first-order valence-corrected chi connectivity index (χ1v) is 13.4. The average Bonchev–Trinajstić information content (AvgIpc) is 3.38. The van der Waals surface area contributed by atoms with Crippen molar-refractivity contribution in [1.82, 2.24) is 14.9 Å². The van der Waals surface area contributed by atoms with E-state index < -0.39 is 10.0 Å². The van der Waals surface area contributed by atoms with Gasteiger partial charge in [-0.3, -0.25) is 4.79 Å². The van der Waals surface area contributed by atoms with Crippen LogP contribution in [-0.4, -0.2) is 65.0 Å². The molecule has 2 aromatic rings. The summed E-state index contributed by atoms with van der Waals surface area (Å²) in [6, 6.07) is 9.12. The predicted molar refractivity (Wildman–Crippen MR) is 127 cm³/mol. The molecule has 32 heavy (non-hydrogen) atoms. The van der Waals surface area contributed by atoms with Crippen LogP contribution in [0.3, 0.4) is 0 Å². The lowest BCUT2D eigenvalue weighted by Crippen LogP contribution is -2.43. The summed E-state index contributed by atoms with van der Waals surface area (Å²) in [7, 11) is -3.70. The number of rotatable bonds is 9. The van der Waals surface area contributed by atoms with Crippen LogP contribution in [0.1, 0.15) is 19.3 Å². The smallest absolute Gasteiger partial charge is 0.250 e. The van der Waals surface area contributed by atoms with Crippen molar-refractivity contribution in [2.75, 3.05) is 50.7 Å². The maximum absolute atomic E-state index is 12.7. The van der Waals surface area contributed by atoms with Gasteiger partial charge in [-0.05, 0) is 31.0 Å². The summed E-state index contributed by atoms with van der Waals surface area (Å²) in [6.45, 7) is 5.28. The van der Waals surface area contributed by atoms with E-state index in [0.29, 0.717) is 30.2 Å². The normalized spacial score (nSPS) is 17.2. The monoisotopic (exact) mass is 498 g/mol. The van der Waals surface area contributed by atoms with Gasteiger partial charge in [-0.1, -0.05) is 29.0 Å². The molecule has 11 heteroatoms. The molecule has 2 saturated heterocycles. The number of anilines is 1. The highest BCUT2D eigenvalue weighted by atomic mass is 35.5. The van der Waals surface area contributed by atoms with Gasteiger partial charge in [-0.2, -0.15) is 0 Å². The third kappa shape index (κ3) is 5.74. The summed E-state index contributed by atoms with van der Waals surface area (Å²) in [5.41, 5.74) is 1.06. The van der Waals surface area contributed by atoms with Gasteiger partial charge >= 0.3 is 0 Å². The van der Waals surface area contributed by atoms with E-state index in [1.54, 1.807) is 4.90 Å². The number of nitrogens with zero attached hydrogens (tertiary/aromatic N) is 2. The Morgan fingerprint density at radius 2 is 2.00 bits per heavy atom. The van der Waals surface area contributed by atoms with Crippen molar-refractivity contribution in [1.29, 1.82) is 0 Å². The van der Waals surface area contributed by atoms with E-state index in [9.17, 15) is 13.2 Å². The molecule has 1 aromatic heterocycles. The number of likely N-dealkylation sites (tertiary alicyclic amines) is 1. The molecule has 2 aliphatic rings. The molecule has 0 saturated carbocycles. The molecular weight excluding hydrogens is 472 g/mol. The molecule has 8 nitrogen and oxygen atoms in total. The number of sulfonamides is 1. The number of ether oxygens (including phenoxy) is 1.